The molecule has 4 heteroatoms. The summed E-state index contributed by atoms with van der Waals surface area (Å²) in [7, 11) is 2.11. The molecule has 26 heavy (non-hydrogen) atoms. The molecule has 1 aliphatic carbocycles. The van der Waals surface area contributed by atoms with Crippen LogP contribution in [0.1, 0.15) is 30.4 Å². The minimum atomic E-state index is -0.156. The van der Waals surface area contributed by atoms with E-state index in [4.69, 9.17) is 0 Å². The number of likely N-dealkylation sites (N-methyl/N-ethyl adjacent to an activating group) is 1. The van der Waals surface area contributed by atoms with E-state index in [0.717, 1.165) is 36.1 Å². The van der Waals surface area contributed by atoms with Gasteiger partial charge in [0.2, 0.25) is 0 Å². The quantitative estimate of drug-likeness (QED) is 0.535. The first-order valence-corrected chi connectivity index (χ1v) is 10.0. The van der Waals surface area contributed by atoms with Gasteiger partial charge in [-0.05, 0) is 90.5 Å². The number of ketones is 1. The second-order valence-corrected chi connectivity index (χ2v) is 8.78. The Morgan fingerprint density at radius 2 is 2.00 bits per heavy atom. The van der Waals surface area contributed by atoms with Crippen LogP contribution in [0.5, 0.6) is 5.75 Å². The smallest absolute Gasteiger partial charge is 0.161 e. The van der Waals surface area contributed by atoms with Crippen LogP contribution in [0.4, 0.5) is 0 Å². The molecule has 0 radical (unpaired) electrons. The molecule has 2 unspecified atom stereocenters. The number of rotatable bonds is 2. The highest BCUT2D eigenvalue weighted by Gasteiger charge is 2.48. The van der Waals surface area contributed by atoms with Crippen LogP contribution in [0.2, 0.25) is 0 Å². The van der Waals surface area contributed by atoms with Crippen molar-refractivity contribution in [2.45, 2.75) is 30.7 Å². The topological polar surface area (TPSA) is 40.5 Å². The van der Waals surface area contributed by atoms with Crippen molar-refractivity contribution in [3.63, 3.8) is 0 Å². The highest BCUT2D eigenvalue weighted by Crippen LogP contribution is 2.47. The fourth-order valence-corrected chi connectivity index (χ4v) is 4.75. The molecular formula is C22H22INO2. The summed E-state index contributed by atoms with van der Waals surface area (Å²) in [6.45, 7) is 0.956. The summed E-state index contributed by atoms with van der Waals surface area (Å²) in [4.78, 5) is 15.4. The Labute approximate surface area is 167 Å². The molecule has 1 heterocycles. The van der Waals surface area contributed by atoms with Crippen LogP contribution in [0.25, 0.3) is 6.08 Å². The van der Waals surface area contributed by atoms with Gasteiger partial charge in [-0.3, -0.25) is 9.69 Å². The number of carbonyl (C=O) groups excluding carboxylic acids is 1. The van der Waals surface area contributed by atoms with Crippen molar-refractivity contribution in [3.8, 4) is 5.75 Å². The lowest BCUT2D eigenvalue weighted by molar-refractivity contribution is -0.120. The minimum absolute atomic E-state index is 0.131. The zero-order valence-electron chi connectivity index (χ0n) is 14.8. The number of piperidine rings is 1. The Balaban J connectivity index is 1.72. The van der Waals surface area contributed by atoms with E-state index in [-0.39, 0.29) is 23.0 Å². The lowest BCUT2D eigenvalue weighted by Gasteiger charge is -2.50. The van der Waals surface area contributed by atoms with E-state index in [1.807, 2.05) is 12.1 Å². The van der Waals surface area contributed by atoms with Crippen molar-refractivity contribution >= 4 is 34.5 Å². The second kappa shape index (κ2) is 6.82. The summed E-state index contributed by atoms with van der Waals surface area (Å²) in [5.41, 5.74) is 2.94. The molecule has 2 bridgehead atoms. The maximum atomic E-state index is 13.1. The van der Waals surface area contributed by atoms with E-state index < -0.39 is 0 Å². The van der Waals surface area contributed by atoms with Crippen LogP contribution in [0.15, 0.2) is 54.1 Å². The number of halogens is 1. The average Bonchev–Trinajstić information content (AvgIpc) is 2.63. The van der Waals surface area contributed by atoms with Gasteiger partial charge in [0.15, 0.2) is 5.78 Å². The van der Waals surface area contributed by atoms with E-state index in [1.165, 1.54) is 3.57 Å². The Morgan fingerprint density at radius 1 is 1.23 bits per heavy atom. The number of hydrogen-bond acceptors (Lipinski definition) is 3. The standard InChI is InChI=1S/C22H22INO2/c1-24-10-9-22(16-3-2-4-18(25)12-16)13-20(24)19(21(26)14-22)11-15-5-7-17(23)8-6-15/h2-8,11-12,20,25H,9-10,13-14H2,1H3/b19-11+. The third-order valence-electron chi connectivity index (χ3n) is 5.89. The molecule has 2 aliphatic rings. The number of carbonyl (C=O) groups is 1. The normalized spacial score (nSPS) is 27.7. The summed E-state index contributed by atoms with van der Waals surface area (Å²) in [6.07, 6.45) is 4.47. The van der Waals surface area contributed by atoms with Crippen molar-refractivity contribution in [3.05, 3.63) is 68.8 Å². The number of Topliss-reactive ketones (excluding diaryl/α,β-unsaturated/α-hetero) is 1. The molecule has 2 aromatic rings. The third kappa shape index (κ3) is 3.21. The Morgan fingerprint density at radius 3 is 2.73 bits per heavy atom. The van der Waals surface area contributed by atoms with Gasteiger partial charge in [-0.1, -0.05) is 24.3 Å². The maximum Gasteiger partial charge on any atom is 0.161 e. The lowest BCUT2D eigenvalue weighted by Crippen LogP contribution is -2.53. The first-order chi connectivity index (χ1) is 12.5. The SMILES string of the molecule is CN1CCC2(c3cccc(O)c3)CC(=O)/C(=C/c3ccc(I)cc3)C1C2. The van der Waals surface area contributed by atoms with Gasteiger partial charge in [-0.25, -0.2) is 0 Å². The third-order valence-corrected chi connectivity index (χ3v) is 6.61. The fraction of sp³-hybridized carbons (Fsp3) is 0.318. The molecule has 4 rings (SSSR count). The van der Waals surface area contributed by atoms with Gasteiger partial charge in [-0.15, -0.1) is 0 Å². The first kappa shape index (κ1) is 17.7. The van der Waals surface area contributed by atoms with Gasteiger partial charge < -0.3 is 5.11 Å². The summed E-state index contributed by atoms with van der Waals surface area (Å²) < 4.78 is 1.19. The van der Waals surface area contributed by atoms with Crippen LogP contribution < -0.4 is 0 Å². The zero-order chi connectivity index (χ0) is 18.3. The molecular weight excluding hydrogens is 437 g/mol. The molecule has 3 nitrogen and oxygen atoms in total. The second-order valence-electron chi connectivity index (χ2n) is 7.53. The fourth-order valence-electron chi connectivity index (χ4n) is 4.39. The number of likely N-dealkylation sites (tertiary alicyclic amines) is 1. The predicted octanol–water partition coefficient (Wildman–Crippen LogP) is 4.39. The van der Waals surface area contributed by atoms with E-state index in [2.05, 4.69) is 70.9 Å². The molecule has 2 aromatic carbocycles. The van der Waals surface area contributed by atoms with Crippen LogP contribution >= 0.6 is 22.6 Å². The first-order valence-electron chi connectivity index (χ1n) is 8.97. The number of phenols is 1. The number of fused-ring (bicyclic) bond motifs is 2. The Hall–Kier alpha value is -1.66. The van der Waals surface area contributed by atoms with E-state index >= 15 is 0 Å². The largest absolute Gasteiger partial charge is 0.508 e. The number of nitrogens with zero attached hydrogens (tertiary/aromatic N) is 1. The van der Waals surface area contributed by atoms with Crippen LogP contribution in [0.3, 0.4) is 0 Å². The van der Waals surface area contributed by atoms with Crippen molar-refractivity contribution in [1.29, 1.82) is 0 Å². The monoisotopic (exact) mass is 459 g/mol. The number of benzene rings is 2. The molecule has 2 fully saturated rings. The van der Waals surface area contributed by atoms with E-state index in [9.17, 15) is 9.90 Å². The van der Waals surface area contributed by atoms with Crippen molar-refractivity contribution < 1.29 is 9.90 Å². The Kier molecular flexibility index (Phi) is 4.65. The highest BCUT2D eigenvalue weighted by atomic mass is 127. The average molecular weight is 459 g/mol. The number of phenolic OH excluding ortho intramolecular Hbond substituents is 1. The van der Waals surface area contributed by atoms with Crippen molar-refractivity contribution in [2.75, 3.05) is 13.6 Å². The molecule has 1 saturated heterocycles. The molecule has 2 atom stereocenters. The molecule has 1 saturated carbocycles. The van der Waals surface area contributed by atoms with E-state index in [0.29, 0.717) is 6.42 Å². The molecule has 0 aromatic heterocycles. The zero-order valence-corrected chi connectivity index (χ0v) is 16.9. The molecule has 0 amide bonds. The molecule has 1 aliphatic heterocycles. The summed E-state index contributed by atoms with van der Waals surface area (Å²) >= 11 is 2.29. The van der Waals surface area contributed by atoms with Crippen molar-refractivity contribution in [1.82, 2.24) is 4.90 Å². The van der Waals surface area contributed by atoms with Crippen LogP contribution in [-0.2, 0) is 10.2 Å². The van der Waals surface area contributed by atoms with Gasteiger partial charge in [-0.2, -0.15) is 0 Å². The van der Waals surface area contributed by atoms with Gasteiger partial charge in [0.1, 0.15) is 5.75 Å². The highest BCUT2D eigenvalue weighted by molar-refractivity contribution is 14.1. The number of hydrogen-bond donors (Lipinski definition) is 1. The predicted molar refractivity (Wildman–Crippen MR) is 112 cm³/mol. The summed E-state index contributed by atoms with van der Waals surface area (Å²) in [6, 6.07) is 15.9. The van der Waals surface area contributed by atoms with Gasteiger partial charge in [0.25, 0.3) is 0 Å². The maximum absolute atomic E-state index is 13.1. The summed E-state index contributed by atoms with van der Waals surface area (Å²) in [5.74, 6) is 0.509. The van der Waals surface area contributed by atoms with Gasteiger partial charge >= 0.3 is 0 Å². The molecule has 1 N–H and O–H groups in total. The van der Waals surface area contributed by atoms with Gasteiger partial charge in [0.05, 0.1) is 0 Å². The minimum Gasteiger partial charge on any atom is -0.508 e. The summed E-state index contributed by atoms with van der Waals surface area (Å²) in [5, 5.41) is 9.92. The number of aromatic hydroxyl groups is 1. The van der Waals surface area contributed by atoms with Crippen molar-refractivity contribution in [2.24, 2.45) is 0 Å². The van der Waals surface area contributed by atoms with Crippen LogP contribution in [0, 0.1) is 3.57 Å². The molecule has 134 valence electrons. The van der Waals surface area contributed by atoms with Gasteiger partial charge in [0, 0.05) is 27.0 Å². The van der Waals surface area contributed by atoms with E-state index in [1.54, 1.807) is 6.07 Å². The molecule has 0 spiro atoms. The van der Waals surface area contributed by atoms with Crippen LogP contribution in [-0.4, -0.2) is 35.4 Å². The lowest BCUT2D eigenvalue weighted by atomic mass is 9.61. The Bertz CT molecular complexity index is 874.